The standard InChI is InChI=1S/C24H24N2O5S/c1-18(27)20-8-5-9-21(16-20)26-24(28)17-31-22-10-12-23(13-11-22)32(29,30)25-15-14-19-6-3-2-4-7-19/h2-13,16,25H,14-15,17H2,1H3,(H,26,28). The molecule has 0 aromatic heterocycles. The molecule has 0 saturated heterocycles. The number of nitrogens with one attached hydrogen (secondary N) is 2. The van der Waals surface area contributed by atoms with Crippen molar-refractivity contribution in [2.24, 2.45) is 0 Å². The number of hydrogen-bond donors (Lipinski definition) is 2. The molecular weight excluding hydrogens is 428 g/mol. The number of carbonyl (C=O) groups excluding carboxylic acids is 2. The fourth-order valence-corrected chi connectivity index (χ4v) is 3.97. The molecule has 7 nitrogen and oxygen atoms in total. The summed E-state index contributed by atoms with van der Waals surface area (Å²) in [5.41, 5.74) is 2.04. The Bertz CT molecular complexity index is 1180. The van der Waals surface area contributed by atoms with Crippen LogP contribution < -0.4 is 14.8 Å². The van der Waals surface area contributed by atoms with Crippen LogP contribution in [-0.2, 0) is 21.2 Å². The summed E-state index contributed by atoms with van der Waals surface area (Å²) in [7, 11) is -3.64. The number of ketones is 1. The van der Waals surface area contributed by atoms with E-state index in [1.54, 1.807) is 24.3 Å². The van der Waals surface area contributed by atoms with Crippen LogP contribution >= 0.6 is 0 Å². The molecule has 0 saturated carbocycles. The van der Waals surface area contributed by atoms with E-state index in [4.69, 9.17) is 4.74 Å². The van der Waals surface area contributed by atoms with Gasteiger partial charge < -0.3 is 10.1 Å². The molecule has 3 rings (SSSR count). The monoisotopic (exact) mass is 452 g/mol. The first-order valence-corrected chi connectivity index (χ1v) is 11.5. The normalized spacial score (nSPS) is 11.0. The summed E-state index contributed by atoms with van der Waals surface area (Å²) in [6.07, 6.45) is 0.589. The van der Waals surface area contributed by atoms with Crippen LogP contribution in [0, 0.1) is 0 Å². The Labute approximate surface area is 187 Å². The zero-order chi connectivity index (χ0) is 23.0. The van der Waals surface area contributed by atoms with Crippen LogP contribution in [0.15, 0.2) is 83.8 Å². The average Bonchev–Trinajstić information content (AvgIpc) is 2.79. The molecule has 32 heavy (non-hydrogen) atoms. The number of carbonyl (C=O) groups is 2. The summed E-state index contributed by atoms with van der Waals surface area (Å²) in [5.74, 6) is -0.132. The van der Waals surface area contributed by atoms with Gasteiger partial charge in [0.2, 0.25) is 10.0 Å². The molecular formula is C24H24N2O5S. The van der Waals surface area contributed by atoms with Crippen molar-refractivity contribution in [3.63, 3.8) is 0 Å². The van der Waals surface area contributed by atoms with E-state index in [1.807, 2.05) is 30.3 Å². The Hall–Kier alpha value is -3.49. The van der Waals surface area contributed by atoms with Crippen LogP contribution in [-0.4, -0.2) is 33.3 Å². The van der Waals surface area contributed by atoms with Crippen molar-refractivity contribution in [1.82, 2.24) is 4.72 Å². The maximum atomic E-state index is 12.4. The van der Waals surface area contributed by atoms with Gasteiger partial charge in [-0.15, -0.1) is 0 Å². The summed E-state index contributed by atoms with van der Waals surface area (Å²) in [6.45, 7) is 1.48. The van der Waals surface area contributed by atoms with E-state index in [1.165, 1.54) is 31.2 Å². The first-order valence-electron chi connectivity index (χ1n) is 10.0. The smallest absolute Gasteiger partial charge is 0.262 e. The Kier molecular flexibility index (Phi) is 7.75. The molecule has 0 aliphatic heterocycles. The number of hydrogen-bond acceptors (Lipinski definition) is 5. The van der Waals surface area contributed by atoms with Crippen LogP contribution in [0.5, 0.6) is 5.75 Å². The second kappa shape index (κ2) is 10.7. The van der Waals surface area contributed by atoms with Gasteiger partial charge in [-0.25, -0.2) is 13.1 Å². The van der Waals surface area contributed by atoms with Gasteiger partial charge in [0.1, 0.15) is 5.75 Å². The number of Topliss-reactive ketones (excluding diaryl/α,β-unsaturated/α-hetero) is 1. The van der Waals surface area contributed by atoms with Gasteiger partial charge in [-0.05, 0) is 55.3 Å². The number of rotatable bonds is 10. The van der Waals surface area contributed by atoms with E-state index in [0.717, 1.165) is 5.56 Å². The van der Waals surface area contributed by atoms with E-state index >= 15 is 0 Å². The molecule has 0 heterocycles. The maximum Gasteiger partial charge on any atom is 0.262 e. The van der Waals surface area contributed by atoms with Gasteiger partial charge in [0.15, 0.2) is 12.4 Å². The van der Waals surface area contributed by atoms with Gasteiger partial charge in [-0.2, -0.15) is 0 Å². The third-order valence-corrected chi connectivity index (χ3v) is 6.08. The van der Waals surface area contributed by atoms with Crippen molar-refractivity contribution in [1.29, 1.82) is 0 Å². The number of benzene rings is 3. The van der Waals surface area contributed by atoms with Gasteiger partial charge in [-0.3, -0.25) is 9.59 Å². The van der Waals surface area contributed by atoms with Crippen molar-refractivity contribution in [2.75, 3.05) is 18.5 Å². The minimum Gasteiger partial charge on any atom is -0.484 e. The van der Waals surface area contributed by atoms with Crippen molar-refractivity contribution in [3.05, 3.63) is 90.0 Å². The molecule has 0 bridgehead atoms. The minimum absolute atomic E-state index is 0.0954. The molecule has 166 valence electrons. The van der Waals surface area contributed by atoms with Crippen LogP contribution in [0.1, 0.15) is 22.8 Å². The molecule has 0 atom stereocenters. The summed E-state index contributed by atoms with van der Waals surface area (Å²) in [5, 5.41) is 2.66. The molecule has 0 aliphatic carbocycles. The van der Waals surface area contributed by atoms with Crippen molar-refractivity contribution in [3.8, 4) is 5.75 Å². The molecule has 1 amide bonds. The van der Waals surface area contributed by atoms with E-state index in [-0.39, 0.29) is 23.8 Å². The summed E-state index contributed by atoms with van der Waals surface area (Å²) in [6, 6.07) is 22.1. The second-order valence-corrected chi connectivity index (χ2v) is 8.85. The highest BCUT2D eigenvalue weighted by Crippen LogP contribution is 2.16. The molecule has 0 fully saturated rings. The lowest BCUT2D eigenvalue weighted by Gasteiger charge is -2.10. The Morgan fingerprint density at radius 2 is 1.62 bits per heavy atom. The minimum atomic E-state index is -3.64. The second-order valence-electron chi connectivity index (χ2n) is 7.08. The third-order valence-electron chi connectivity index (χ3n) is 4.61. The zero-order valence-corrected chi connectivity index (χ0v) is 18.4. The maximum absolute atomic E-state index is 12.4. The lowest BCUT2D eigenvalue weighted by Crippen LogP contribution is -2.26. The van der Waals surface area contributed by atoms with Gasteiger partial charge in [0.05, 0.1) is 4.90 Å². The van der Waals surface area contributed by atoms with Crippen LogP contribution in [0.25, 0.3) is 0 Å². The lowest BCUT2D eigenvalue weighted by molar-refractivity contribution is -0.118. The predicted octanol–water partition coefficient (Wildman–Crippen LogP) is 3.43. The fraction of sp³-hybridized carbons (Fsp3) is 0.167. The largest absolute Gasteiger partial charge is 0.484 e. The Balaban J connectivity index is 1.50. The van der Waals surface area contributed by atoms with Crippen molar-refractivity contribution in [2.45, 2.75) is 18.2 Å². The SMILES string of the molecule is CC(=O)c1cccc(NC(=O)COc2ccc(S(=O)(=O)NCCc3ccccc3)cc2)c1. The fourth-order valence-electron chi connectivity index (χ4n) is 2.93. The Morgan fingerprint density at radius 3 is 2.31 bits per heavy atom. The molecule has 8 heteroatoms. The summed E-state index contributed by atoms with van der Waals surface area (Å²) in [4.78, 5) is 23.6. The molecule has 0 aliphatic rings. The Morgan fingerprint density at radius 1 is 0.906 bits per heavy atom. The van der Waals surface area contributed by atoms with Gasteiger partial charge in [0, 0.05) is 17.8 Å². The first kappa shape index (κ1) is 23.2. The summed E-state index contributed by atoms with van der Waals surface area (Å²) < 4.78 is 32.9. The molecule has 0 radical (unpaired) electrons. The van der Waals surface area contributed by atoms with E-state index < -0.39 is 15.9 Å². The quantitative estimate of drug-likeness (QED) is 0.459. The molecule has 3 aromatic rings. The van der Waals surface area contributed by atoms with E-state index in [9.17, 15) is 18.0 Å². The van der Waals surface area contributed by atoms with Crippen LogP contribution in [0.3, 0.4) is 0 Å². The van der Waals surface area contributed by atoms with Crippen LogP contribution in [0.4, 0.5) is 5.69 Å². The van der Waals surface area contributed by atoms with Crippen molar-refractivity contribution < 1.29 is 22.7 Å². The third kappa shape index (κ3) is 6.76. The summed E-state index contributed by atoms with van der Waals surface area (Å²) >= 11 is 0. The van der Waals surface area contributed by atoms with Gasteiger partial charge in [0.25, 0.3) is 5.91 Å². The molecule has 2 N–H and O–H groups in total. The predicted molar refractivity (Wildman–Crippen MR) is 122 cm³/mol. The number of ether oxygens (including phenoxy) is 1. The van der Waals surface area contributed by atoms with Gasteiger partial charge in [-0.1, -0.05) is 42.5 Å². The average molecular weight is 453 g/mol. The highest BCUT2D eigenvalue weighted by molar-refractivity contribution is 7.89. The van der Waals surface area contributed by atoms with Crippen molar-refractivity contribution >= 4 is 27.4 Å². The highest BCUT2D eigenvalue weighted by Gasteiger charge is 2.14. The van der Waals surface area contributed by atoms with E-state index in [2.05, 4.69) is 10.0 Å². The molecule has 0 unspecified atom stereocenters. The zero-order valence-electron chi connectivity index (χ0n) is 17.6. The number of sulfonamides is 1. The highest BCUT2D eigenvalue weighted by atomic mass is 32.2. The van der Waals surface area contributed by atoms with E-state index in [0.29, 0.717) is 23.4 Å². The first-order chi connectivity index (χ1) is 15.3. The van der Waals surface area contributed by atoms with Crippen LogP contribution in [0.2, 0.25) is 0 Å². The molecule has 0 spiro atoms. The lowest BCUT2D eigenvalue weighted by atomic mass is 10.1. The topological polar surface area (TPSA) is 102 Å². The number of anilines is 1. The number of amides is 1. The molecule has 3 aromatic carbocycles. The van der Waals surface area contributed by atoms with Gasteiger partial charge >= 0.3 is 0 Å².